The second-order valence-corrected chi connectivity index (χ2v) is 6.58. The summed E-state index contributed by atoms with van der Waals surface area (Å²) < 4.78 is 14.4. The number of halogens is 1. The normalized spacial score (nSPS) is 20.5. The zero-order valence-corrected chi connectivity index (χ0v) is 14.7. The summed E-state index contributed by atoms with van der Waals surface area (Å²) in [7, 11) is 1.34. The molecule has 0 aliphatic carbocycles. The molecule has 0 saturated carbocycles. The Kier molecular flexibility index (Phi) is 5.57. The monoisotopic (exact) mass is 350 g/mol. The van der Waals surface area contributed by atoms with Crippen molar-refractivity contribution in [2.75, 3.05) is 20.2 Å². The molecule has 0 radical (unpaired) electrons. The van der Waals surface area contributed by atoms with Crippen molar-refractivity contribution in [3.8, 4) is 0 Å². The van der Waals surface area contributed by atoms with Gasteiger partial charge in [-0.05, 0) is 19.9 Å². The van der Waals surface area contributed by atoms with Gasteiger partial charge in [-0.2, -0.15) is 0 Å². The molecule has 6 nitrogen and oxygen atoms in total. The molecular formula is C18H23FN2O4. The van der Waals surface area contributed by atoms with Gasteiger partial charge in [-0.1, -0.05) is 18.2 Å². The summed E-state index contributed by atoms with van der Waals surface area (Å²) in [6.07, 6.45) is -0.568. The number of rotatable bonds is 6. The first-order chi connectivity index (χ1) is 11.7. The Morgan fingerprint density at radius 2 is 2.00 bits per heavy atom. The van der Waals surface area contributed by atoms with Gasteiger partial charge in [0.15, 0.2) is 0 Å². The number of likely N-dealkylation sites (N-methyl/N-ethyl adjacent to an activating group) is 1. The van der Waals surface area contributed by atoms with Gasteiger partial charge in [0.25, 0.3) is 0 Å². The van der Waals surface area contributed by atoms with Gasteiger partial charge in [0.1, 0.15) is 5.82 Å². The van der Waals surface area contributed by atoms with E-state index in [9.17, 15) is 23.9 Å². The van der Waals surface area contributed by atoms with Gasteiger partial charge >= 0.3 is 0 Å². The van der Waals surface area contributed by atoms with Crippen LogP contribution in [0.3, 0.4) is 0 Å². The number of aliphatic hydroxyl groups excluding tert-OH is 1. The maximum absolute atomic E-state index is 14.4. The SMILES string of the molecule is CC(C)N(CCO)C(=O)CC1(c2ccccc2F)CC(=O)N(C)C1=O. The fraction of sp³-hybridized carbons (Fsp3) is 0.500. The molecule has 1 N–H and O–H groups in total. The lowest BCUT2D eigenvalue weighted by Gasteiger charge is -2.32. The molecule has 7 heteroatoms. The third-order valence-electron chi connectivity index (χ3n) is 4.67. The van der Waals surface area contributed by atoms with E-state index in [4.69, 9.17) is 0 Å². The van der Waals surface area contributed by atoms with Crippen molar-refractivity contribution < 1.29 is 23.9 Å². The lowest BCUT2D eigenvalue weighted by Crippen LogP contribution is -2.46. The molecule has 25 heavy (non-hydrogen) atoms. The first kappa shape index (κ1) is 19.1. The van der Waals surface area contributed by atoms with E-state index in [0.717, 1.165) is 4.90 Å². The molecule has 0 aromatic heterocycles. The molecular weight excluding hydrogens is 327 g/mol. The summed E-state index contributed by atoms with van der Waals surface area (Å²) in [5.41, 5.74) is -1.49. The maximum Gasteiger partial charge on any atom is 0.240 e. The number of likely N-dealkylation sites (tertiary alicyclic amines) is 1. The first-order valence-corrected chi connectivity index (χ1v) is 8.21. The number of carbonyl (C=O) groups excluding carboxylic acids is 3. The third kappa shape index (κ3) is 3.42. The lowest BCUT2D eigenvalue weighted by atomic mass is 9.75. The van der Waals surface area contributed by atoms with E-state index in [2.05, 4.69) is 0 Å². The number of hydrogen-bond donors (Lipinski definition) is 1. The van der Waals surface area contributed by atoms with Crippen LogP contribution in [0, 0.1) is 5.82 Å². The summed E-state index contributed by atoms with van der Waals surface area (Å²) in [4.78, 5) is 40.1. The van der Waals surface area contributed by atoms with Gasteiger partial charge in [-0.3, -0.25) is 19.3 Å². The van der Waals surface area contributed by atoms with E-state index in [1.807, 2.05) is 0 Å². The van der Waals surface area contributed by atoms with Gasteiger partial charge < -0.3 is 10.0 Å². The topological polar surface area (TPSA) is 77.9 Å². The molecule has 3 amide bonds. The van der Waals surface area contributed by atoms with Gasteiger partial charge in [0.05, 0.1) is 12.0 Å². The molecule has 1 unspecified atom stereocenters. The lowest BCUT2D eigenvalue weighted by molar-refractivity contribution is -0.142. The van der Waals surface area contributed by atoms with Crippen LogP contribution in [0.5, 0.6) is 0 Å². The second-order valence-electron chi connectivity index (χ2n) is 6.58. The average molecular weight is 350 g/mol. The smallest absolute Gasteiger partial charge is 0.240 e. The van der Waals surface area contributed by atoms with E-state index in [1.54, 1.807) is 19.9 Å². The summed E-state index contributed by atoms with van der Waals surface area (Å²) in [5, 5.41) is 9.17. The standard InChI is InChI=1S/C18H23FN2O4/c1-12(2)21(8-9-22)16(24)11-18(10-15(23)20(3)17(18)25)13-6-4-5-7-14(13)19/h4-7,12,22H,8-11H2,1-3H3. The largest absolute Gasteiger partial charge is 0.395 e. The molecule has 1 saturated heterocycles. The van der Waals surface area contributed by atoms with Gasteiger partial charge in [0.2, 0.25) is 17.7 Å². The Morgan fingerprint density at radius 1 is 1.36 bits per heavy atom. The molecule has 0 spiro atoms. The number of amides is 3. The molecule has 1 aromatic rings. The van der Waals surface area contributed by atoms with E-state index in [1.165, 1.54) is 30.1 Å². The van der Waals surface area contributed by atoms with E-state index >= 15 is 0 Å². The second kappa shape index (κ2) is 7.31. The number of nitrogens with zero attached hydrogens (tertiary/aromatic N) is 2. The predicted octanol–water partition coefficient (Wildman–Crippen LogP) is 1.07. The molecule has 1 fully saturated rings. The van der Waals surface area contributed by atoms with Gasteiger partial charge in [-0.25, -0.2) is 4.39 Å². The van der Waals surface area contributed by atoms with Crippen molar-refractivity contribution >= 4 is 17.7 Å². The molecule has 136 valence electrons. The van der Waals surface area contributed by atoms with Crippen LogP contribution >= 0.6 is 0 Å². The van der Waals surface area contributed by atoms with Crippen molar-refractivity contribution in [3.05, 3.63) is 35.6 Å². The Labute approximate surface area is 146 Å². The van der Waals surface area contributed by atoms with Crippen molar-refractivity contribution in [1.82, 2.24) is 9.80 Å². The fourth-order valence-electron chi connectivity index (χ4n) is 3.32. The van der Waals surface area contributed by atoms with Crippen LogP contribution in [-0.2, 0) is 19.8 Å². The van der Waals surface area contributed by atoms with Crippen LogP contribution in [0.2, 0.25) is 0 Å². The highest BCUT2D eigenvalue weighted by atomic mass is 19.1. The van der Waals surface area contributed by atoms with Crippen molar-refractivity contribution in [2.45, 2.75) is 38.1 Å². The van der Waals surface area contributed by atoms with Gasteiger partial charge in [0, 0.05) is 38.0 Å². The quantitative estimate of drug-likeness (QED) is 0.779. The van der Waals surface area contributed by atoms with E-state index < -0.39 is 29.0 Å². The maximum atomic E-state index is 14.4. The van der Waals surface area contributed by atoms with Crippen LogP contribution < -0.4 is 0 Å². The van der Waals surface area contributed by atoms with Crippen molar-refractivity contribution in [2.24, 2.45) is 0 Å². The van der Waals surface area contributed by atoms with Crippen LogP contribution in [0.4, 0.5) is 4.39 Å². The third-order valence-corrected chi connectivity index (χ3v) is 4.67. The molecule has 0 bridgehead atoms. The molecule has 1 aromatic carbocycles. The van der Waals surface area contributed by atoms with Crippen LogP contribution in [0.1, 0.15) is 32.3 Å². The predicted molar refractivity (Wildman–Crippen MR) is 89.0 cm³/mol. The summed E-state index contributed by atoms with van der Waals surface area (Å²) >= 11 is 0. The average Bonchev–Trinajstić information content (AvgIpc) is 2.77. The molecule has 1 aliphatic heterocycles. The minimum Gasteiger partial charge on any atom is -0.395 e. The Balaban J connectivity index is 2.48. The molecule has 1 aliphatic rings. The zero-order valence-electron chi connectivity index (χ0n) is 14.7. The molecule has 2 rings (SSSR count). The summed E-state index contributed by atoms with van der Waals surface area (Å²) in [6, 6.07) is 5.53. The Hall–Kier alpha value is -2.28. The highest BCUT2D eigenvalue weighted by Crippen LogP contribution is 2.41. The van der Waals surface area contributed by atoms with Gasteiger partial charge in [-0.15, -0.1) is 0 Å². The number of carbonyl (C=O) groups is 3. The van der Waals surface area contributed by atoms with Crippen molar-refractivity contribution in [3.63, 3.8) is 0 Å². The Bertz CT molecular complexity index is 691. The number of benzene rings is 1. The fourth-order valence-corrected chi connectivity index (χ4v) is 3.32. The highest BCUT2D eigenvalue weighted by molar-refractivity contribution is 6.10. The zero-order chi connectivity index (χ0) is 18.8. The van der Waals surface area contributed by atoms with Crippen LogP contribution in [0.25, 0.3) is 0 Å². The molecule has 1 heterocycles. The minimum absolute atomic E-state index is 0.0544. The minimum atomic E-state index is -1.54. The first-order valence-electron chi connectivity index (χ1n) is 8.21. The van der Waals surface area contributed by atoms with E-state index in [0.29, 0.717) is 0 Å². The highest BCUT2D eigenvalue weighted by Gasteiger charge is 2.54. The molecule has 1 atom stereocenters. The number of hydrogen-bond acceptors (Lipinski definition) is 4. The Morgan fingerprint density at radius 3 is 2.48 bits per heavy atom. The van der Waals surface area contributed by atoms with Crippen LogP contribution in [0.15, 0.2) is 24.3 Å². The number of imide groups is 1. The van der Waals surface area contributed by atoms with Crippen molar-refractivity contribution in [1.29, 1.82) is 0 Å². The summed E-state index contributed by atoms with van der Waals surface area (Å²) in [6.45, 7) is 3.47. The number of aliphatic hydroxyl groups is 1. The van der Waals surface area contributed by atoms with E-state index in [-0.39, 0.29) is 37.6 Å². The summed E-state index contributed by atoms with van der Waals surface area (Å²) in [5.74, 6) is -2.04. The van der Waals surface area contributed by atoms with Crippen LogP contribution in [-0.4, -0.2) is 58.9 Å².